The SMILES string of the molecule is CCc1ccc(NC(C)=O)c(-c2cc(N)ccc2C(C)C)c1. The normalized spacial score (nSPS) is 10.8. The number of benzene rings is 2. The van der Waals surface area contributed by atoms with E-state index in [0.717, 1.165) is 28.9 Å². The molecule has 0 bridgehead atoms. The number of rotatable bonds is 4. The molecule has 3 N–H and O–H groups in total. The van der Waals surface area contributed by atoms with Crippen LogP contribution >= 0.6 is 0 Å². The van der Waals surface area contributed by atoms with Crippen LogP contribution in [0.3, 0.4) is 0 Å². The van der Waals surface area contributed by atoms with Gasteiger partial charge in [-0.05, 0) is 53.3 Å². The van der Waals surface area contributed by atoms with E-state index in [1.54, 1.807) is 0 Å². The van der Waals surface area contributed by atoms with Crippen molar-refractivity contribution in [3.05, 3.63) is 47.5 Å². The highest BCUT2D eigenvalue weighted by Crippen LogP contribution is 2.36. The Bertz CT molecular complexity index is 690. The molecule has 22 heavy (non-hydrogen) atoms. The van der Waals surface area contributed by atoms with Gasteiger partial charge in [0, 0.05) is 23.9 Å². The Kier molecular flexibility index (Phi) is 4.86. The van der Waals surface area contributed by atoms with Gasteiger partial charge < -0.3 is 11.1 Å². The predicted octanol–water partition coefficient (Wildman–Crippen LogP) is 4.58. The van der Waals surface area contributed by atoms with Gasteiger partial charge in [0.15, 0.2) is 0 Å². The molecule has 0 spiro atoms. The summed E-state index contributed by atoms with van der Waals surface area (Å²) in [4.78, 5) is 11.5. The van der Waals surface area contributed by atoms with Gasteiger partial charge in [-0.3, -0.25) is 4.79 Å². The summed E-state index contributed by atoms with van der Waals surface area (Å²) in [7, 11) is 0. The lowest BCUT2D eigenvalue weighted by atomic mass is 9.90. The first kappa shape index (κ1) is 16.1. The molecule has 0 unspecified atom stereocenters. The summed E-state index contributed by atoms with van der Waals surface area (Å²) in [5.41, 5.74) is 12.2. The maximum absolute atomic E-state index is 11.5. The number of hydrogen-bond acceptors (Lipinski definition) is 2. The Morgan fingerprint density at radius 2 is 1.86 bits per heavy atom. The van der Waals surface area contributed by atoms with E-state index in [2.05, 4.69) is 44.3 Å². The quantitative estimate of drug-likeness (QED) is 0.811. The number of hydrogen-bond donors (Lipinski definition) is 2. The number of nitrogen functional groups attached to an aromatic ring is 1. The summed E-state index contributed by atoms with van der Waals surface area (Å²) in [5, 5.41) is 2.93. The average Bonchev–Trinajstić information content (AvgIpc) is 2.46. The molecular formula is C19H24N2O. The molecule has 0 aromatic heterocycles. The van der Waals surface area contributed by atoms with Crippen LogP contribution < -0.4 is 11.1 Å². The first-order valence-electron chi connectivity index (χ1n) is 7.72. The number of amides is 1. The summed E-state index contributed by atoms with van der Waals surface area (Å²) in [6.45, 7) is 7.98. The second kappa shape index (κ2) is 6.65. The van der Waals surface area contributed by atoms with Crippen LogP contribution in [-0.4, -0.2) is 5.91 Å². The van der Waals surface area contributed by atoms with Crippen molar-refractivity contribution in [2.24, 2.45) is 0 Å². The van der Waals surface area contributed by atoms with Crippen molar-refractivity contribution in [1.29, 1.82) is 0 Å². The van der Waals surface area contributed by atoms with Crippen LogP contribution in [0.25, 0.3) is 11.1 Å². The molecule has 2 aromatic carbocycles. The molecule has 0 aliphatic rings. The molecule has 1 amide bonds. The Hall–Kier alpha value is -2.29. The third kappa shape index (κ3) is 3.48. The van der Waals surface area contributed by atoms with E-state index in [9.17, 15) is 4.79 Å². The summed E-state index contributed by atoms with van der Waals surface area (Å²) in [5.74, 6) is 0.312. The van der Waals surface area contributed by atoms with Crippen molar-refractivity contribution in [2.45, 2.75) is 40.0 Å². The van der Waals surface area contributed by atoms with E-state index in [1.807, 2.05) is 18.2 Å². The second-order valence-corrected chi connectivity index (χ2v) is 5.92. The summed E-state index contributed by atoms with van der Waals surface area (Å²) >= 11 is 0. The van der Waals surface area contributed by atoms with Crippen molar-refractivity contribution in [3.63, 3.8) is 0 Å². The van der Waals surface area contributed by atoms with Gasteiger partial charge in [0.1, 0.15) is 0 Å². The zero-order chi connectivity index (χ0) is 16.3. The van der Waals surface area contributed by atoms with Crippen LogP contribution in [-0.2, 0) is 11.2 Å². The monoisotopic (exact) mass is 296 g/mol. The lowest BCUT2D eigenvalue weighted by molar-refractivity contribution is -0.114. The second-order valence-electron chi connectivity index (χ2n) is 5.92. The van der Waals surface area contributed by atoms with Gasteiger partial charge in [-0.15, -0.1) is 0 Å². The van der Waals surface area contributed by atoms with Crippen LogP contribution in [0, 0.1) is 0 Å². The van der Waals surface area contributed by atoms with Gasteiger partial charge in [0.05, 0.1) is 0 Å². The largest absolute Gasteiger partial charge is 0.399 e. The molecule has 2 rings (SSSR count). The first-order chi connectivity index (χ1) is 10.4. The lowest BCUT2D eigenvalue weighted by Gasteiger charge is -2.18. The van der Waals surface area contributed by atoms with Crippen molar-refractivity contribution >= 4 is 17.3 Å². The van der Waals surface area contributed by atoms with Gasteiger partial charge in [-0.2, -0.15) is 0 Å². The summed E-state index contributed by atoms with van der Waals surface area (Å²) in [6.07, 6.45) is 0.951. The molecule has 3 heteroatoms. The molecule has 2 aromatic rings. The van der Waals surface area contributed by atoms with Crippen LogP contribution in [0.15, 0.2) is 36.4 Å². The highest BCUT2D eigenvalue weighted by molar-refractivity contribution is 5.95. The van der Waals surface area contributed by atoms with E-state index in [0.29, 0.717) is 5.92 Å². The van der Waals surface area contributed by atoms with Crippen LogP contribution in [0.4, 0.5) is 11.4 Å². The lowest BCUT2D eigenvalue weighted by Crippen LogP contribution is -2.08. The number of aryl methyl sites for hydroxylation is 1. The molecule has 0 aliphatic heterocycles. The third-order valence-electron chi connectivity index (χ3n) is 3.79. The molecule has 0 saturated heterocycles. The molecule has 0 atom stereocenters. The number of nitrogens with one attached hydrogen (secondary N) is 1. The molecule has 0 radical (unpaired) electrons. The van der Waals surface area contributed by atoms with Crippen LogP contribution in [0.1, 0.15) is 44.7 Å². The van der Waals surface area contributed by atoms with E-state index in [4.69, 9.17) is 5.73 Å². The van der Waals surface area contributed by atoms with Gasteiger partial charge in [0.2, 0.25) is 5.91 Å². The zero-order valence-corrected chi connectivity index (χ0v) is 13.7. The van der Waals surface area contributed by atoms with Crippen molar-refractivity contribution < 1.29 is 4.79 Å². The smallest absolute Gasteiger partial charge is 0.221 e. The van der Waals surface area contributed by atoms with Crippen LogP contribution in [0.5, 0.6) is 0 Å². The van der Waals surface area contributed by atoms with E-state index in [1.165, 1.54) is 18.1 Å². The summed E-state index contributed by atoms with van der Waals surface area (Å²) in [6, 6.07) is 12.2. The maximum atomic E-state index is 11.5. The number of carbonyl (C=O) groups is 1. The molecule has 0 heterocycles. The third-order valence-corrected chi connectivity index (χ3v) is 3.79. The number of nitrogens with two attached hydrogens (primary N) is 1. The molecule has 116 valence electrons. The van der Waals surface area contributed by atoms with Crippen molar-refractivity contribution in [3.8, 4) is 11.1 Å². The topological polar surface area (TPSA) is 55.1 Å². The van der Waals surface area contributed by atoms with Crippen molar-refractivity contribution in [1.82, 2.24) is 0 Å². The molecular weight excluding hydrogens is 272 g/mol. The standard InChI is InChI=1S/C19H24N2O/c1-5-14-6-9-19(21-13(4)22)18(10-14)17-11-15(20)7-8-16(17)12(2)3/h6-12H,5,20H2,1-4H3,(H,21,22). The molecule has 0 fully saturated rings. The van der Waals surface area contributed by atoms with E-state index < -0.39 is 0 Å². The first-order valence-corrected chi connectivity index (χ1v) is 7.72. The average molecular weight is 296 g/mol. The zero-order valence-electron chi connectivity index (χ0n) is 13.7. The fraction of sp³-hybridized carbons (Fsp3) is 0.316. The van der Waals surface area contributed by atoms with Gasteiger partial charge in [-0.25, -0.2) is 0 Å². The Morgan fingerprint density at radius 3 is 2.45 bits per heavy atom. The number of anilines is 2. The molecule has 0 aliphatic carbocycles. The minimum absolute atomic E-state index is 0.0690. The highest BCUT2D eigenvalue weighted by atomic mass is 16.1. The van der Waals surface area contributed by atoms with Crippen molar-refractivity contribution in [2.75, 3.05) is 11.1 Å². The fourth-order valence-corrected chi connectivity index (χ4v) is 2.64. The highest BCUT2D eigenvalue weighted by Gasteiger charge is 2.14. The maximum Gasteiger partial charge on any atom is 0.221 e. The van der Waals surface area contributed by atoms with Crippen LogP contribution in [0.2, 0.25) is 0 Å². The van der Waals surface area contributed by atoms with Gasteiger partial charge in [0.25, 0.3) is 0 Å². The molecule has 3 nitrogen and oxygen atoms in total. The minimum Gasteiger partial charge on any atom is -0.399 e. The Labute approximate surface area is 132 Å². The number of carbonyl (C=O) groups excluding carboxylic acids is 1. The fourth-order valence-electron chi connectivity index (χ4n) is 2.64. The van der Waals surface area contributed by atoms with Gasteiger partial charge in [-0.1, -0.05) is 32.9 Å². The van der Waals surface area contributed by atoms with E-state index >= 15 is 0 Å². The molecule has 0 saturated carbocycles. The predicted molar refractivity (Wildman–Crippen MR) is 94.1 cm³/mol. The van der Waals surface area contributed by atoms with E-state index in [-0.39, 0.29) is 5.91 Å². The Balaban J connectivity index is 2.68. The minimum atomic E-state index is -0.0690. The van der Waals surface area contributed by atoms with Gasteiger partial charge >= 0.3 is 0 Å². The summed E-state index contributed by atoms with van der Waals surface area (Å²) < 4.78 is 0. The Morgan fingerprint density at radius 1 is 1.14 bits per heavy atom.